The fourth-order valence-corrected chi connectivity index (χ4v) is 4.66. The number of ether oxygens (including phenoxy) is 2. The lowest BCUT2D eigenvalue weighted by Gasteiger charge is -2.40. The van der Waals surface area contributed by atoms with Gasteiger partial charge in [0.15, 0.2) is 5.72 Å². The average molecular weight is 333 g/mol. The summed E-state index contributed by atoms with van der Waals surface area (Å²) in [5.41, 5.74) is 10.9. The minimum absolute atomic E-state index is 0.0531. The first kappa shape index (κ1) is 15.2. The molecule has 4 atom stereocenters. The van der Waals surface area contributed by atoms with E-state index < -0.39 is 17.7 Å². The minimum Gasteiger partial charge on any atom is -0.449 e. The van der Waals surface area contributed by atoms with E-state index in [4.69, 9.17) is 20.9 Å². The number of rotatable bonds is 3. The van der Waals surface area contributed by atoms with Gasteiger partial charge in [-0.3, -0.25) is 9.59 Å². The molecule has 1 saturated carbocycles. The van der Waals surface area contributed by atoms with E-state index in [-0.39, 0.29) is 40.9 Å². The summed E-state index contributed by atoms with van der Waals surface area (Å²) in [4.78, 5) is 38.6. The largest absolute Gasteiger partial charge is 0.449 e. The van der Waals surface area contributed by atoms with Gasteiger partial charge < -0.3 is 25.8 Å². The van der Waals surface area contributed by atoms with Gasteiger partial charge in [0.25, 0.3) is 0 Å². The van der Waals surface area contributed by atoms with Crippen molar-refractivity contribution in [3.63, 3.8) is 0 Å². The Morgan fingerprint density at radius 1 is 1.38 bits per heavy atom. The van der Waals surface area contributed by atoms with Crippen LogP contribution in [-0.4, -0.2) is 48.5 Å². The van der Waals surface area contributed by atoms with Crippen LogP contribution in [0.15, 0.2) is 22.5 Å². The number of Topliss-reactive ketones (excluding diaryl/α,β-unsaturated/α-hetero) is 2. The van der Waals surface area contributed by atoms with E-state index in [0.717, 1.165) is 6.42 Å². The molecule has 0 bridgehead atoms. The summed E-state index contributed by atoms with van der Waals surface area (Å²) in [7, 11) is 1.56. The monoisotopic (exact) mass is 333 g/mol. The molecule has 4 rings (SSSR count). The second kappa shape index (κ2) is 4.60. The number of hydrogen-bond donors (Lipinski definition) is 2. The van der Waals surface area contributed by atoms with E-state index in [9.17, 15) is 14.4 Å². The number of amides is 1. The average Bonchev–Trinajstić information content (AvgIpc) is 3.16. The Labute approximate surface area is 138 Å². The van der Waals surface area contributed by atoms with Gasteiger partial charge in [0, 0.05) is 30.7 Å². The van der Waals surface area contributed by atoms with Crippen molar-refractivity contribution in [2.45, 2.75) is 19.1 Å². The third kappa shape index (κ3) is 1.59. The van der Waals surface area contributed by atoms with Crippen molar-refractivity contribution in [1.82, 2.24) is 4.90 Å². The fourth-order valence-electron chi connectivity index (χ4n) is 4.66. The van der Waals surface area contributed by atoms with Crippen LogP contribution in [0.5, 0.6) is 0 Å². The summed E-state index contributed by atoms with van der Waals surface area (Å²) in [5.74, 6) is -0.613. The zero-order valence-corrected chi connectivity index (χ0v) is 13.5. The van der Waals surface area contributed by atoms with Gasteiger partial charge in [-0.15, -0.1) is 0 Å². The normalized spacial score (nSPS) is 36.8. The lowest BCUT2D eigenvalue weighted by molar-refractivity contribution is -0.146. The molecule has 0 spiro atoms. The summed E-state index contributed by atoms with van der Waals surface area (Å²) in [6.07, 6.45) is 0.0314. The van der Waals surface area contributed by atoms with Crippen molar-refractivity contribution in [1.29, 1.82) is 0 Å². The summed E-state index contributed by atoms with van der Waals surface area (Å²) < 4.78 is 10.9. The van der Waals surface area contributed by atoms with Crippen LogP contribution in [0.3, 0.4) is 0 Å². The maximum atomic E-state index is 12.8. The van der Waals surface area contributed by atoms with E-state index in [1.54, 1.807) is 14.0 Å². The predicted octanol–water partition coefficient (Wildman–Crippen LogP) is -0.355. The highest BCUT2D eigenvalue weighted by atomic mass is 16.6. The van der Waals surface area contributed by atoms with Crippen molar-refractivity contribution in [2.24, 2.45) is 29.2 Å². The van der Waals surface area contributed by atoms with Crippen LogP contribution in [0.1, 0.15) is 13.3 Å². The van der Waals surface area contributed by atoms with Gasteiger partial charge in [0.2, 0.25) is 11.6 Å². The first-order chi connectivity index (χ1) is 11.3. The Morgan fingerprint density at radius 3 is 2.71 bits per heavy atom. The number of primary amides is 1. The third-order valence-electron chi connectivity index (χ3n) is 5.83. The van der Waals surface area contributed by atoms with E-state index in [2.05, 4.69) is 0 Å². The highest BCUT2D eigenvalue weighted by Gasteiger charge is 2.72. The van der Waals surface area contributed by atoms with Gasteiger partial charge in [-0.05, 0) is 19.3 Å². The van der Waals surface area contributed by atoms with Gasteiger partial charge in [0.1, 0.15) is 6.61 Å². The van der Waals surface area contributed by atoms with Crippen molar-refractivity contribution in [3.8, 4) is 0 Å². The molecule has 4 N–H and O–H groups in total. The Kier molecular flexibility index (Phi) is 2.91. The molecular formula is C16H19N3O5. The van der Waals surface area contributed by atoms with Crippen LogP contribution in [0.2, 0.25) is 0 Å². The second-order valence-electron chi connectivity index (χ2n) is 6.81. The molecule has 24 heavy (non-hydrogen) atoms. The Hall–Kier alpha value is -2.35. The molecule has 4 aliphatic rings. The number of ketones is 2. The maximum Gasteiger partial charge on any atom is 0.404 e. The number of allylic oxidation sites excluding steroid dienone is 2. The van der Waals surface area contributed by atoms with Crippen LogP contribution in [-0.2, 0) is 19.1 Å². The maximum absolute atomic E-state index is 12.8. The molecule has 0 radical (unpaired) electrons. The van der Waals surface area contributed by atoms with Crippen LogP contribution in [0.25, 0.3) is 0 Å². The fraction of sp³-hybridized carbons (Fsp3) is 0.562. The molecule has 1 amide bonds. The number of carbonyl (C=O) groups excluding carboxylic acids is 3. The van der Waals surface area contributed by atoms with Crippen LogP contribution >= 0.6 is 0 Å². The Bertz CT molecular complexity index is 755. The van der Waals surface area contributed by atoms with Crippen molar-refractivity contribution in [3.05, 3.63) is 22.5 Å². The number of nitrogens with zero attached hydrogens (tertiary/aromatic N) is 1. The van der Waals surface area contributed by atoms with E-state index in [0.29, 0.717) is 18.2 Å². The van der Waals surface area contributed by atoms with Crippen molar-refractivity contribution >= 4 is 17.7 Å². The number of hydrogen-bond acceptors (Lipinski definition) is 7. The van der Waals surface area contributed by atoms with Crippen molar-refractivity contribution in [2.75, 3.05) is 20.3 Å². The van der Waals surface area contributed by atoms with Crippen LogP contribution in [0.4, 0.5) is 4.79 Å². The number of methoxy groups -OCH3 is 1. The van der Waals surface area contributed by atoms with Gasteiger partial charge in [-0.2, -0.15) is 0 Å². The molecule has 2 aliphatic heterocycles. The molecule has 128 valence electrons. The molecule has 0 unspecified atom stereocenters. The highest BCUT2D eigenvalue weighted by molar-refractivity contribution is 6.25. The van der Waals surface area contributed by atoms with E-state index >= 15 is 0 Å². The number of carbonyl (C=O) groups is 3. The van der Waals surface area contributed by atoms with Gasteiger partial charge in [-0.25, -0.2) is 4.79 Å². The van der Waals surface area contributed by atoms with Gasteiger partial charge >= 0.3 is 6.09 Å². The Balaban J connectivity index is 1.85. The first-order valence-electron chi connectivity index (χ1n) is 7.89. The quantitative estimate of drug-likeness (QED) is 0.676. The minimum atomic E-state index is -0.929. The molecule has 8 nitrogen and oxygen atoms in total. The lowest BCUT2D eigenvalue weighted by atomic mass is 9.82. The molecule has 0 aromatic rings. The molecule has 0 aromatic heterocycles. The molecule has 2 fully saturated rings. The zero-order valence-electron chi connectivity index (χ0n) is 13.5. The third-order valence-corrected chi connectivity index (χ3v) is 5.83. The molecule has 2 heterocycles. The van der Waals surface area contributed by atoms with Crippen LogP contribution < -0.4 is 11.5 Å². The molecule has 8 heteroatoms. The van der Waals surface area contributed by atoms with E-state index in [1.165, 1.54) is 0 Å². The van der Waals surface area contributed by atoms with Crippen LogP contribution in [0, 0.1) is 17.8 Å². The topological polar surface area (TPSA) is 125 Å². The summed E-state index contributed by atoms with van der Waals surface area (Å²) >= 11 is 0. The van der Waals surface area contributed by atoms with Gasteiger partial charge in [-0.1, -0.05) is 0 Å². The Morgan fingerprint density at radius 2 is 2.08 bits per heavy atom. The van der Waals surface area contributed by atoms with Gasteiger partial charge in [0.05, 0.1) is 17.3 Å². The van der Waals surface area contributed by atoms with Crippen molar-refractivity contribution < 1.29 is 23.9 Å². The second-order valence-corrected chi connectivity index (χ2v) is 6.81. The SMILES string of the molecule is CO[C@@]12[C@@H]3C[C@@H]3CN1C1=C(C(=O)C(N)=C(C)C1=O)[C@@H]2COC(N)=O. The number of nitrogens with two attached hydrogens (primary N) is 2. The molecule has 0 aromatic carbocycles. The smallest absolute Gasteiger partial charge is 0.404 e. The van der Waals surface area contributed by atoms with E-state index in [1.807, 2.05) is 4.90 Å². The highest BCUT2D eigenvalue weighted by Crippen LogP contribution is 2.65. The molecule has 1 saturated heterocycles. The summed E-state index contributed by atoms with van der Waals surface area (Å²) in [6.45, 7) is 2.08. The zero-order chi connectivity index (χ0) is 17.4. The first-order valence-corrected chi connectivity index (χ1v) is 7.89. The number of piperidine rings is 1. The molecular weight excluding hydrogens is 314 g/mol. The number of fused-ring (bicyclic) bond motifs is 4. The summed E-state index contributed by atoms with van der Waals surface area (Å²) in [5, 5.41) is 0. The summed E-state index contributed by atoms with van der Waals surface area (Å²) in [6, 6.07) is 0. The predicted molar refractivity (Wildman–Crippen MR) is 81.0 cm³/mol. The lowest BCUT2D eigenvalue weighted by Crippen LogP contribution is -2.51. The standard InChI is InChI=1S/C16H19N3O5/c1-6-11(17)14(21)10-9(5-24-15(18)22)16(23-2)8-3-7(8)4-19(16)12(10)13(6)20/h7-9H,3-5,17H2,1-2H3,(H2,18,22)/t7-,8-,9+,16-/m1/s1. The molecule has 2 aliphatic carbocycles.